The summed E-state index contributed by atoms with van der Waals surface area (Å²) in [5.41, 5.74) is 3.78. The molecule has 19 heavy (non-hydrogen) atoms. The zero-order chi connectivity index (χ0) is 13.4. The number of nitrogens with one attached hydrogen (secondary N) is 2. The molecule has 0 fully saturated rings. The summed E-state index contributed by atoms with van der Waals surface area (Å²) >= 11 is 0. The molecule has 0 aliphatic carbocycles. The number of rotatable bonds is 2. The third-order valence-electron chi connectivity index (χ3n) is 2.94. The minimum Gasteiger partial charge on any atom is -0.408 e. The quantitative estimate of drug-likeness (QED) is 0.732. The standard InChI is InChI=1S/C13H12N4O2/c1-7-5-10(16-17-12(7)14-2)8-3-4-9-11(6-8)19-13(18)15-9/h3-6H,1-2H3,(H,14,17)(H,15,18). The number of aromatic amines is 1. The highest BCUT2D eigenvalue weighted by Crippen LogP contribution is 2.23. The number of fused-ring (bicyclic) bond motifs is 1. The molecular weight excluding hydrogens is 244 g/mol. The molecule has 96 valence electrons. The summed E-state index contributed by atoms with van der Waals surface area (Å²) in [6.07, 6.45) is 0. The maximum atomic E-state index is 11.1. The fourth-order valence-electron chi connectivity index (χ4n) is 1.98. The smallest absolute Gasteiger partial charge is 0.408 e. The highest BCUT2D eigenvalue weighted by Gasteiger charge is 2.07. The molecule has 2 aromatic heterocycles. The normalized spacial score (nSPS) is 10.8. The molecule has 0 unspecified atom stereocenters. The van der Waals surface area contributed by atoms with Crippen molar-refractivity contribution in [3.8, 4) is 11.3 Å². The molecule has 0 aliphatic rings. The summed E-state index contributed by atoms with van der Waals surface area (Å²) in [5.74, 6) is 0.290. The van der Waals surface area contributed by atoms with Gasteiger partial charge in [0, 0.05) is 12.6 Å². The molecule has 0 radical (unpaired) electrons. The van der Waals surface area contributed by atoms with E-state index in [2.05, 4.69) is 20.5 Å². The number of anilines is 1. The lowest BCUT2D eigenvalue weighted by molar-refractivity contribution is 0.555. The molecule has 6 nitrogen and oxygen atoms in total. The second-order valence-electron chi connectivity index (χ2n) is 4.24. The fraction of sp³-hybridized carbons (Fsp3) is 0.154. The van der Waals surface area contributed by atoms with Gasteiger partial charge in [0.25, 0.3) is 0 Å². The lowest BCUT2D eigenvalue weighted by Gasteiger charge is -2.05. The number of benzene rings is 1. The molecule has 6 heteroatoms. The van der Waals surface area contributed by atoms with E-state index < -0.39 is 5.76 Å². The lowest BCUT2D eigenvalue weighted by atomic mass is 10.1. The molecule has 2 N–H and O–H groups in total. The second kappa shape index (κ2) is 4.24. The number of nitrogens with zero attached hydrogens (tertiary/aromatic N) is 2. The molecular formula is C13H12N4O2. The van der Waals surface area contributed by atoms with Gasteiger partial charge < -0.3 is 9.73 Å². The topological polar surface area (TPSA) is 83.8 Å². The Hall–Kier alpha value is -2.63. The van der Waals surface area contributed by atoms with E-state index >= 15 is 0 Å². The molecule has 0 aliphatic heterocycles. The first-order valence-electron chi connectivity index (χ1n) is 5.82. The van der Waals surface area contributed by atoms with Gasteiger partial charge in [0.05, 0.1) is 11.2 Å². The zero-order valence-corrected chi connectivity index (χ0v) is 10.5. The summed E-state index contributed by atoms with van der Waals surface area (Å²) in [6.45, 7) is 1.96. The first kappa shape index (κ1) is 11.5. The Bertz CT molecular complexity index is 804. The van der Waals surface area contributed by atoms with Crippen LogP contribution in [0.4, 0.5) is 5.82 Å². The highest BCUT2D eigenvalue weighted by molar-refractivity contribution is 5.79. The number of hydrogen-bond donors (Lipinski definition) is 2. The first-order chi connectivity index (χ1) is 9.17. The van der Waals surface area contributed by atoms with Gasteiger partial charge in [-0.3, -0.25) is 4.98 Å². The van der Waals surface area contributed by atoms with Gasteiger partial charge in [0.1, 0.15) is 0 Å². The van der Waals surface area contributed by atoms with Gasteiger partial charge in [0.15, 0.2) is 11.4 Å². The van der Waals surface area contributed by atoms with Crippen LogP contribution in [-0.2, 0) is 0 Å². The Kier molecular flexibility index (Phi) is 2.56. The van der Waals surface area contributed by atoms with Gasteiger partial charge in [-0.2, -0.15) is 0 Å². The fourth-order valence-corrected chi connectivity index (χ4v) is 1.98. The average Bonchev–Trinajstić information content (AvgIpc) is 2.77. The van der Waals surface area contributed by atoms with Crippen molar-refractivity contribution in [3.63, 3.8) is 0 Å². The van der Waals surface area contributed by atoms with E-state index in [0.29, 0.717) is 11.1 Å². The van der Waals surface area contributed by atoms with E-state index in [1.54, 1.807) is 19.2 Å². The third-order valence-corrected chi connectivity index (χ3v) is 2.94. The minimum atomic E-state index is -0.458. The van der Waals surface area contributed by atoms with E-state index in [9.17, 15) is 4.79 Å². The molecule has 3 aromatic rings. The number of oxazole rings is 1. The van der Waals surface area contributed by atoms with Crippen LogP contribution < -0.4 is 11.1 Å². The Morgan fingerprint density at radius 2 is 2.11 bits per heavy atom. The van der Waals surface area contributed by atoms with E-state index in [4.69, 9.17) is 4.42 Å². The summed E-state index contributed by atoms with van der Waals surface area (Å²) in [5, 5.41) is 11.2. The molecule has 0 amide bonds. The predicted octanol–water partition coefficient (Wildman–Crippen LogP) is 1.93. The van der Waals surface area contributed by atoms with Gasteiger partial charge in [-0.25, -0.2) is 4.79 Å². The van der Waals surface area contributed by atoms with Crippen molar-refractivity contribution in [1.29, 1.82) is 0 Å². The SMILES string of the molecule is CNc1nnc(-c2ccc3[nH]c(=O)oc3c2)cc1C. The summed E-state index contributed by atoms with van der Waals surface area (Å²) in [7, 11) is 1.80. The number of aryl methyl sites for hydroxylation is 1. The van der Waals surface area contributed by atoms with Crippen molar-refractivity contribution in [1.82, 2.24) is 15.2 Å². The van der Waals surface area contributed by atoms with E-state index in [1.807, 2.05) is 19.1 Å². The van der Waals surface area contributed by atoms with Crippen LogP contribution in [0.3, 0.4) is 0 Å². The Morgan fingerprint density at radius 1 is 1.26 bits per heavy atom. The van der Waals surface area contributed by atoms with Crippen LogP contribution in [0.5, 0.6) is 0 Å². The minimum absolute atomic E-state index is 0.458. The predicted molar refractivity (Wildman–Crippen MR) is 72.1 cm³/mol. The lowest BCUT2D eigenvalue weighted by Crippen LogP contribution is -1.98. The van der Waals surface area contributed by atoms with Crippen LogP contribution in [0, 0.1) is 6.92 Å². The monoisotopic (exact) mass is 256 g/mol. The molecule has 0 saturated carbocycles. The maximum absolute atomic E-state index is 11.1. The first-order valence-corrected chi connectivity index (χ1v) is 5.82. The Labute approximate surface area is 108 Å². The van der Waals surface area contributed by atoms with Crippen molar-refractivity contribution < 1.29 is 4.42 Å². The van der Waals surface area contributed by atoms with Gasteiger partial charge in [-0.05, 0) is 30.7 Å². The summed E-state index contributed by atoms with van der Waals surface area (Å²) in [6, 6.07) is 7.37. The van der Waals surface area contributed by atoms with Crippen LogP contribution in [0.1, 0.15) is 5.56 Å². The van der Waals surface area contributed by atoms with E-state index in [-0.39, 0.29) is 0 Å². The van der Waals surface area contributed by atoms with Crippen LogP contribution in [0.25, 0.3) is 22.4 Å². The van der Waals surface area contributed by atoms with Gasteiger partial charge >= 0.3 is 5.76 Å². The van der Waals surface area contributed by atoms with Crippen molar-refractivity contribution in [2.45, 2.75) is 6.92 Å². The van der Waals surface area contributed by atoms with Crippen LogP contribution >= 0.6 is 0 Å². The molecule has 1 aromatic carbocycles. The number of hydrogen-bond acceptors (Lipinski definition) is 5. The van der Waals surface area contributed by atoms with E-state index in [0.717, 1.165) is 22.6 Å². The van der Waals surface area contributed by atoms with Gasteiger partial charge in [0.2, 0.25) is 0 Å². The van der Waals surface area contributed by atoms with Crippen molar-refractivity contribution in [3.05, 3.63) is 40.4 Å². The molecule has 2 heterocycles. The van der Waals surface area contributed by atoms with Crippen molar-refractivity contribution in [2.75, 3.05) is 12.4 Å². The largest absolute Gasteiger partial charge is 0.417 e. The Balaban J connectivity index is 2.12. The van der Waals surface area contributed by atoms with Crippen LogP contribution in [0.15, 0.2) is 33.5 Å². The zero-order valence-electron chi connectivity index (χ0n) is 10.5. The molecule has 0 saturated heterocycles. The summed E-state index contributed by atoms with van der Waals surface area (Å²) in [4.78, 5) is 13.7. The van der Waals surface area contributed by atoms with Crippen molar-refractivity contribution in [2.24, 2.45) is 0 Å². The maximum Gasteiger partial charge on any atom is 0.417 e. The van der Waals surface area contributed by atoms with Crippen LogP contribution in [0.2, 0.25) is 0 Å². The van der Waals surface area contributed by atoms with Gasteiger partial charge in [-0.15, -0.1) is 10.2 Å². The van der Waals surface area contributed by atoms with Crippen LogP contribution in [-0.4, -0.2) is 22.2 Å². The number of H-pyrrole nitrogens is 1. The third kappa shape index (κ3) is 1.97. The molecule has 0 bridgehead atoms. The summed E-state index contributed by atoms with van der Waals surface area (Å²) < 4.78 is 5.03. The molecule has 0 atom stereocenters. The molecule has 3 rings (SSSR count). The highest BCUT2D eigenvalue weighted by atomic mass is 16.4. The number of aromatic nitrogens is 3. The second-order valence-corrected chi connectivity index (χ2v) is 4.24. The van der Waals surface area contributed by atoms with E-state index in [1.165, 1.54) is 0 Å². The van der Waals surface area contributed by atoms with Gasteiger partial charge in [-0.1, -0.05) is 6.07 Å². The van der Waals surface area contributed by atoms with Crippen molar-refractivity contribution >= 4 is 16.9 Å². The average molecular weight is 256 g/mol. The molecule has 0 spiro atoms. The Morgan fingerprint density at radius 3 is 2.84 bits per heavy atom.